The van der Waals surface area contributed by atoms with Gasteiger partial charge in [-0.2, -0.15) is 18.3 Å². The summed E-state index contributed by atoms with van der Waals surface area (Å²) in [5.41, 5.74) is 8.50. The number of carbonyl (C=O) groups is 1. The second-order valence-corrected chi connectivity index (χ2v) is 1.75. The van der Waals surface area contributed by atoms with Crippen LogP contribution in [0.4, 0.5) is 4.79 Å². The van der Waals surface area contributed by atoms with Crippen molar-refractivity contribution in [2.75, 3.05) is 0 Å². The summed E-state index contributed by atoms with van der Waals surface area (Å²) in [6.45, 7) is 0. The molecule has 0 aromatic rings. The van der Waals surface area contributed by atoms with Crippen molar-refractivity contribution in [2.45, 2.75) is 0 Å². The SMILES string of the molecule is N.N.NC(N)=O.O=S(=O)(O)O.P.[H-].[K+]. The Hall–Kier alpha value is 1.13. The van der Waals surface area contributed by atoms with Crippen LogP contribution in [-0.4, -0.2) is 23.6 Å². The number of hydrogen-bond acceptors (Lipinski definition) is 5. The van der Waals surface area contributed by atoms with Crippen LogP contribution in [-0.2, 0) is 10.4 Å². The molecule has 0 spiro atoms. The monoisotopic (exact) mass is 266 g/mol. The van der Waals surface area contributed by atoms with Crippen LogP contribution in [0.5, 0.6) is 0 Å². The van der Waals surface area contributed by atoms with E-state index in [2.05, 4.69) is 11.5 Å². The Labute approximate surface area is 124 Å². The summed E-state index contributed by atoms with van der Waals surface area (Å²) in [5, 5.41) is 0. The summed E-state index contributed by atoms with van der Waals surface area (Å²) in [6.07, 6.45) is 0. The van der Waals surface area contributed by atoms with E-state index >= 15 is 0 Å². The van der Waals surface area contributed by atoms with Crippen molar-refractivity contribution < 1.29 is 75.1 Å². The van der Waals surface area contributed by atoms with Crippen LogP contribution < -0.4 is 75.2 Å². The van der Waals surface area contributed by atoms with Crippen LogP contribution in [0.1, 0.15) is 1.43 Å². The molecule has 0 aromatic carbocycles. The predicted octanol–water partition coefficient (Wildman–Crippen LogP) is -4.13. The molecule has 0 rings (SSSR count). The molecule has 2 amide bonds. The van der Waals surface area contributed by atoms with Crippen LogP contribution in [0, 0.1) is 0 Å². The number of urea groups is 1. The third kappa shape index (κ3) is 1280. The number of carbonyl (C=O) groups excluding carboxylic acids is 1. The summed E-state index contributed by atoms with van der Waals surface area (Å²) in [5.74, 6) is 0. The van der Waals surface area contributed by atoms with E-state index in [0.29, 0.717) is 0 Å². The van der Waals surface area contributed by atoms with Crippen molar-refractivity contribution >= 4 is 26.3 Å². The Balaban J connectivity index is -0.0000000104. The van der Waals surface area contributed by atoms with Gasteiger partial charge in [-0.1, -0.05) is 0 Å². The third-order valence-electron chi connectivity index (χ3n) is 0. The summed E-state index contributed by atoms with van der Waals surface area (Å²) in [4.78, 5) is 9.00. The first-order valence-electron chi connectivity index (χ1n) is 1.48. The Morgan fingerprint density at radius 1 is 1.15 bits per heavy atom. The fraction of sp³-hybridized carbons (Fsp3) is 0. The molecule has 0 aliphatic heterocycles. The molecule has 0 heterocycles. The quantitative estimate of drug-likeness (QED) is 0.144. The van der Waals surface area contributed by atoms with E-state index in [1.54, 1.807) is 0 Å². The van der Waals surface area contributed by atoms with Gasteiger partial charge in [0.05, 0.1) is 0 Å². The molecular weight excluding hydrogens is 250 g/mol. The molecule has 9 nitrogen and oxygen atoms in total. The number of amides is 2. The van der Waals surface area contributed by atoms with Gasteiger partial charge >= 0.3 is 67.8 Å². The van der Waals surface area contributed by atoms with E-state index in [1.165, 1.54) is 0 Å². The summed E-state index contributed by atoms with van der Waals surface area (Å²) >= 11 is 0. The molecule has 1 atom stereocenters. The first-order chi connectivity index (χ1) is 3.73. The van der Waals surface area contributed by atoms with Crippen molar-refractivity contribution in [2.24, 2.45) is 11.5 Å². The topological polar surface area (TPSA) is 214 Å². The Kier molecular flexibility index (Phi) is 53.4. The van der Waals surface area contributed by atoms with E-state index < -0.39 is 16.4 Å². The standard InChI is InChI=1S/CH4N2O.K.2H3N.H2O4S.H3P.H/c2-1(3)4;;;;1-5(2,3)4;;/h(H4,2,3,4);;2*1H3;(H2,1,2,3,4);1H3;/q;+1;;;;;-1. The van der Waals surface area contributed by atoms with Crippen LogP contribution in [0.25, 0.3) is 0 Å². The van der Waals surface area contributed by atoms with Crippen molar-refractivity contribution in [1.29, 1.82) is 0 Å². The fourth-order valence-corrected chi connectivity index (χ4v) is 0. The zero-order valence-electron chi connectivity index (χ0n) is 8.30. The zero-order valence-corrected chi connectivity index (χ0v) is 12.7. The maximum atomic E-state index is 9.00. The van der Waals surface area contributed by atoms with Gasteiger partial charge < -0.3 is 25.2 Å². The molecule has 0 saturated carbocycles. The molecule has 0 aromatic heterocycles. The smallest absolute Gasteiger partial charge is 1.00 e. The molecule has 0 bridgehead atoms. The van der Waals surface area contributed by atoms with Gasteiger partial charge in [0.15, 0.2) is 0 Å². The van der Waals surface area contributed by atoms with E-state index in [9.17, 15) is 0 Å². The summed E-state index contributed by atoms with van der Waals surface area (Å²) in [6, 6.07) is -0.833. The van der Waals surface area contributed by atoms with Crippen LogP contribution in [0.2, 0.25) is 0 Å². The number of rotatable bonds is 0. The Morgan fingerprint density at radius 3 is 1.15 bits per heavy atom. The maximum absolute atomic E-state index is 9.00. The van der Waals surface area contributed by atoms with Crippen LogP contribution in [0.15, 0.2) is 0 Å². The maximum Gasteiger partial charge on any atom is 1.00 e. The van der Waals surface area contributed by atoms with E-state index in [0.717, 1.165) is 0 Å². The zero-order chi connectivity index (χ0) is 8.08. The fourth-order valence-electron chi connectivity index (χ4n) is 0. The van der Waals surface area contributed by atoms with Gasteiger partial charge in [0.2, 0.25) is 0 Å². The molecule has 13 heavy (non-hydrogen) atoms. The molecule has 0 saturated heterocycles. The van der Waals surface area contributed by atoms with Gasteiger partial charge in [0.25, 0.3) is 0 Å². The molecule has 12 N–H and O–H groups in total. The van der Waals surface area contributed by atoms with Gasteiger partial charge in [-0.15, -0.1) is 0 Å². The van der Waals surface area contributed by atoms with Crippen molar-refractivity contribution in [3.05, 3.63) is 0 Å². The van der Waals surface area contributed by atoms with Gasteiger partial charge in [-0.25, -0.2) is 4.79 Å². The Bertz CT molecular complexity index is 176. The van der Waals surface area contributed by atoms with Gasteiger partial charge in [0.1, 0.15) is 0 Å². The summed E-state index contributed by atoms with van der Waals surface area (Å²) < 4.78 is 31.6. The first kappa shape index (κ1) is 36.9. The second-order valence-electron chi connectivity index (χ2n) is 0.850. The van der Waals surface area contributed by atoms with Crippen molar-refractivity contribution in [1.82, 2.24) is 12.3 Å². The molecule has 0 fully saturated rings. The average molecular weight is 266 g/mol. The minimum Gasteiger partial charge on any atom is -1.00 e. The largest absolute Gasteiger partial charge is 1.00 e. The van der Waals surface area contributed by atoms with E-state index in [1.807, 2.05) is 0 Å². The van der Waals surface area contributed by atoms with Crippen LogP contribution >= 0.6 is 9.90 Å². The number of hydrogen-bond donors (Lipinski definition) is 6. The minimum atomic E-state index is -4.67. The van der Waals surface area contributed by atoms with Crippen molar-refractivity contribution in [3.63, 3.8) is 0 Å². The first-order valence-corrected chi connectivity index (χ1v) is 2.88. The molecular formula is CH16KN4O5PS. The predicted molar refractivity (Wildman–Crippen MR) is 50.2 cm³/mol. The average Bonchev–Trinajstić information content (AvgIpc) is 1.19. The van der Waals surface area contributed by atoms with Crippen LogP contribution in [0.3, 0.4) is 0 Å². The van der Waals surface area contributed by atoms with Gasteiger partial charge in [0, 0.05) is 0 Å². The molecule has 0 aliphatic carbocycles. The normalized spacial score (nSPS) is 6.31. The Morgan fingerprint density at radius 2 is 1.15 bits per heavy atom. The summed E-state index contributed by atoms with van der Waals surface area (Å²) in [7, 11) is -4.67. The number of primary amides is 2. The number of nitrogens with two attached hydrogens (primary N) is 2. The van der Waals surface area contributed by atoms with E-state index in [-0.39, 0.29) is 75.0 Å². The molecule has 82 valence electrons. The molecule has 0 radical (unpaired) electrons. The minimum absolute atomic E-state index is 0. The van der Waals surface area contributed by atoms with Gasteiger partial charge in [-0.3, -0.25) is 9.11 Å². The van der Waals surface area contributed by atoms with Crippen molar-refractivity contribution in [3.8, 4) is 0 Å². The molecule has 1 unspecified atom stereocenters. The van der Waals surface area contributed by atoms with E-state index in [4.69, 9.17) is 22.3 Å². The molecule has 0 aliphatic rings. The van der Waals surface area contributed by atoms with Gasteiger partial charge in [-0.05, 0) is 0 Å². The third-order valence-corrected chi connectivity index (χ3v) is 0. The molecule has 12 heteroatoms. The second kappa shape index (κ2) is 18.8.